The first-order chi connectivity index (χ1) is 13.3. The van der Waals surface area contributed by atoms with E-state index in [1.807, 2.05) is 6.07 Å². The first-order valence-corrected chi connectivity index (χ1v) is 9.55. The molecular weight excluding hydrogens is 349 g/mol. The maximum absolute atomic E-state index is 14.4. The van der Waals surface area contributed by atoms with Gasteiger partial charge in [-0.1, -0.05) is 6.07 Å². The van der Waals surface area contributed by atoms with Gasteiger partial charge >= 0.3 is 0 Å². The molecule has 0 saturated carbocycles. The van der Waals surface area contributed by atoms with Crippen LogP contribution in [0.15, 0.2) is 30.9 Å². The molecule has 0 bridgehead atoms. The lowest BCUT2D eigenvalue weighted by Crippen LogP contribution is -2.51. The summed E-state index contributed by atoms with van der Waals surface area (Å²) < 4.78 is 26.9. The smallest absolute Gasteiger partial charge is 0.149 e. The minimum absolute atomic E-state index is 0.297. The molecule has 4 rings (SSSR count). The summed E-state index contributed by atoms with van der Waals surface area (Å²) >= 11 is 0. The summed E-state index contributed by atoms with van der Waals surface area (Å²) in [5.74, 6) is 0.246. The Morgan fingerprint density at radius 3 is 2.81 bits per heavy atom. The van der Waals surface area contributed by atoms with E-state index in [1.54, 1.807) is 12.1 Å². The molecule has 27 heavy (non-hydrogen) atoms. The van der Waals surface area contributed by atoms with Crippen LogP contribution in [0.1, 0.15) is 12.0 Å². The van der Waals surface area contributed by atoms with Crippen LogP contribution in [-0.2, 0) is 16.0 Å². The first kappa shape index (κ1) is 18.5. The van der Waals surface area contributed by atoms with E-state index in [9.17, 15) is 4.39 Å². The predicted molar refractivity (Wildman–Crippen MR) is 98.1 cm³/mol. The number of hydrogen-bond donors (Lipinski definition) is 1. The average molecular weight is 375 g/mol. The van der Waals surface area contributed by atoms with Crippen LogP contribution in [0.2, 0.25) is 0 Å². The molecule has 0 aliphatic carbocycles. The molecule has 7 nitrogen and oxygen atoms in total. The highest BCUT2D eigenvalue weighted by Crippen LogP contribution is 2.22. The summed E-state index contributed by atoms with van der Waals surface area (Å²) in [5, 5.41) is 7.50. The Hall–Kier alpha value is -1.87. The highest BCUT2D eigenvalue weighted by molar-refractivity contribution is 5.35. The molecule has 2 fully saturated rings. The SMILES string of the molecule is Fc1cc(CNC[C@H]([C@H]2CCOC2)N2CCOCC2)ccc1-n1cncn1. The van der Waals surface area contributed by atoms with Gasteiger partial charge in [0.25, 0.3) is 0 Å². The van der Waals surface area contributed by atoms with Crippen LogP contribution >= 0.6 is 0 Å². The fourth-order valence-corrected chi connectivity index (χ4v) is 3.90. The molecule has 8 heteroatoms. The zero-order valence-electron chi connectivity index (χ0n) is 15.4. The Morgan fingerprint density at radius 1 is 1.22 bits per heavy atom. The maximum atomic E-state index is 14.4. The molecule has 1 aromatic heterocycles. The molecule has 3 heterocycles. The van der Waals surface area contributed by atoms with Crippen LogP contribution in [0, 0.1) is 11.7 Å². The van der Waals surface area contributed by atoms with Crippen molar-refractivity contribution in [3.63, 3.8) is 0 Å². The van der Waals surface area contributed by atoms with Crippen LogP contribution < -0.4 is 5.32 Å². The van der Waals surface area contributed by atoms with Crippen molar-refractivity contribution >= 4 is 0 Å². The lowest BCUT2D eigenvalue weighted by molar-refractivity contribution is 0.00137. The van der Waals surface area contributed by atoms with Crippen molar-refractivity contribution in [1.82, 2.24) is 25.0 Å². The predicted octanol–water partition coefficient (Wildman–Crippen LogP) is 1.23. The van der Waals surface area contributed by atoms with Crippen molar-refractivity contribution in [3.05, 3.63) is 42.2 Å². The lowest BCUT2D eigenvalue weighted by atomic mass is 9.96. The summed E-state index contributed by atoms with van der Waals surface area (Å²) in [6.07, 6.45) is 3.99. The summed E-state index contributed by atoms with van der Waals surface area (Å²) in [4.78, 5) is 6.37. The molecule has 0 unspecified atom stereocenters. The fraction of sp³-hybridized carbons (Fsp3) is 0.579. The van der Waals surface area contributed by atoms with Crippen LogP contribution in [0.5, 0.6) is 0 Å². The summed E-state index contributed by atoms with van der Waals surface area (Å²) in [5.41, 5.74) is 1.32. The first-order valence-electron chi connectivity index (χ1n) is 9.55. The highest BCUT2D eigenvalue weighted by Gasteiger charge is 2.31. The number of aromatic nitrogens is 3. The van der Waals surface area contributed by atoms with Gasteiger partial charge in [0.1, 0.15) is 24.2 Å². The topological polar surface area (TPSA) is 64.4 Å². The van der Waals surface area contributed by atoms with Crippen molar-refractivity contribution in [2.45, 2.75) is 19.0 Å². The van der Waals surface area contributed by atoms with E-state index < -0.39 is 0 Å². The fourth-order valence-electron chi connectivity index (χ4n) is 3.90. The second-order valence-corrected chi connectivity index (χ2v) is 7.10. The minimum Gasteiger partial charge on any atom is -0.381 e. The van der Waals surface area contributed by atoms with E-state index >= 15 is 0 Å². The Morgan fingerprint density at radius 2 is 2.11 bits per heavy atom. The van der Waals surface area contributed by atoms with Gasteiger partial charge in [-0.25, -0.2) is 14.1 Å². The zero-order chi connectivity index (χ0) is 18.5. The zero-order valence-corrected chi connectivity index (χ0v) is 15.4. The molecule has 0 spiro atoms. The van der Waals surface area contributed by atoms with Gasteiger partial charge in [-0.05, 0) is 24.1 Å². The number of hydrogen-bond acceptors (Lipinski definition) is 6. The Balaban J connectivity index is 1.36. The molecule has 2 aliphatic rings. The van der Waals surface area contributed by atoms with Gasteiger partial charge in [-0.2, -0.15) is 5.10 Å². The third-order valence-corrected chi connectivity index (χ3v) is 5.38. The summed E-state index contributed by atoms with van der Waals surface area (Å²) in [7, 11) is 0. The van der Waals surface area contributed by atoms with Gasteiger partial charge < -0.3 is 14.8 Å². The van der Waals surface area contributed by atoms with Crippen LogP contribution in [0.3, 0.4) is 0 Å². The van der Waals surface area contributed by atoms with Gasteiger partial charge in [0.15, 0.2) is 0 Å². The standard InChI is InChI=1S/C19H26FN5O2/c20-17-9-15(1-2-18(17)25-14-22-13-23-25)10-21-11-19(16-3-6-27-12-16)24-4-7-26-8-5-24/h1-2,9,13-14,16,19,21H,3-8,10-12H2/t16-,19+/m0/s1. The number of halogens is 1. The van der Waals surface area contributed by atoms with Crippen molar-refractivity contribution in [2.24, 2.45) is 5.92 Å². The average Bonchev–Trinajstić information content (AvgIpc) is 3.40. The van der Waals surface area contributed by atoms with Crippen molar-refractivity contribution in [2.75, 3.05) is 46.1 Å². The summed E-state index contributed by atoms with van der Waals surface area (Å²) in [6, 6.07) is 5.66. The molecule has 1 aromatic carbocycles. The number of nitrogens with one attached hydrogen (secondary N) is 1. The Bertz CT molecular complexity index is 715. The minimum atomic E-state index is -0.297. The number of nitrogens with zero attached hydrogens (tertiary/aromatic N) is 4. The van der Waals surface area contributed by atoms with Crippen molar-refractivity contribution in [1.29, 1.82) is 0 Å². The third kappa shape index (κ3) is 4.52. The van der Waals surface area contributed by atoms with Crippen LogP contribution in [0.25, 0.3) is 5.69 Å². The second kappa shape index (κ2) is 8.88. The molecular formula is C19H26FN5O2. The number of benzene rings is 1. The Labute approximate surface area is 158 Å². The number of morpholine rings is 1. The molecule has 0 radical (unpaired) electrons. The van der Waals surface area contributed by atoms with E-state index in [4.69, 9.17) is 9.47 Å². The van der Waals surface area contributed by atoms with Crippen LogP contribution in [-0.4, -0.2) is 71.8 Å². The van der Waals surface area contributed by atoms with E-state index in [0.717, 1.165) is 58.0 Å². The Kier molecular flexibility index (Phi) is 6.08. The largest absolute Gasteiger partial charge is 0.381 e. The van der Waals surface area contributed by atoms with Gasteiger partial charge in [0.05, 0.1) is 19.8 Å². The van der Waals surface area contributed by atoms with E-state index in [-0.39, 0.29) is 5.82 Å². The quantitative estimate of drug-likeness (QED) is 0.786. The molecule has 2 aromatic rings. The second-order valence-electron chi connectivity index (χ2n) is 7.10. The van der Waals surface area contributed by atoms with Gasteiger partial charge in [0.2, 0.25) is 0 Å². The molecule has 146 valence electrons. The van der Waals surface area contributed by atoms with Gasteiger partial charge in [-0.15, -0.1) is 0 Å². The van der Waals surface area contributed by atoms with Gasteiger partial charge in [-0.3, -0.25) is 4.90 Å². The van der Waals surface area contributed by atoms with E-state index in [1.165, 1.54) is 17.3 Å². The maximum Gasteiger partial charge on any atom is 0.149 e. The normalized spacial score (nSPS) is 22.2. The molecule has 2 aliphatic heterocycles. The van der Waals surface area contributed by atoms with Crippen molar-refractivity contribution in [3.8, 4) is 5.69 Å². The van der Waals surface area contributed by atoms with E-state index in [2.05, 4.69) is 20.3 Å². The number of rotatable bonds is 7. The summed E-state index contributed by atoms with van der Waals surface area (Å²) in [6.45, 7) is 6.67. The lowest BCUT2D eigenvalue weighted by Gasteiger charge is -2.37. The third-order valence-electron chi connectivity index (χ3n) is 5.38. The van der Waals surface area contributed by atoms with Crippen molar-refractivity contribution < 1.29 is 13.9 Å². The highest BCUT2D eigenvalue weighted by atomic mass is 19.1. The molecule has 2 saturated heterocycles. The van der Waals surface area contributed by atoms with E-state index in [0.29, 0.717) is 24.2 Å². The van der Waals surface area contributed by atoms with Crippen LogP contribution in [0.4, 0.5) is 4.39 Å². The molecule has 0 amide bonds. The molecule has 2 atom stereocenters. The van der Waals surface area contributed by atoms with Gasteiger partial charge in [0, 0.05) is 44.7 Å². The monoisotopic (exact) mass is 375 g/mol. The number of ether oxygens (including phenoxy) is 2. The molecule has 1 N–H and O–H groups in total.